The van der Waals surface area contributed by atoms with E-state index < -0.39 is 35.9 Å². The average molecular weight is 675 g/mol. The lowest BCUT2D eigenvalue weighted by Gasteiger charge is -2.28. The molecule has 0 bridgehead atoms. The van der Waals surface area contributed by atoms with Gasteiger partial charge in [0.2, 0.25) is 17.7 Å². The van der Waals surface area contributed by atoms with Gasteiger partial charge in [0.15, 0.2) is 0 Å². The number of piperidine rings is 1. The van der Waals surface area contributed by atoms with Crippen molar-refractivity contribution in [2.75, 3.05) is 13.2 Å². The highest BCUT2D eigenvalue weighted by Crippen LogP contribution is 2.22. The number of carbonyl (C=O) groups is 5. The predicted octanol–water partition coefficient (Wildman–Crippen LogP) is 4.60. The number of hydrogen-bond acceptors (Lipinski definition) is 7. The Labute approximate surface area is 286 Å². The second kappa shape index (κ2) is 17.6. The number of esters is 1. The number of nitrogens with one attached hydrogen (secondary N) is 4. The summed E-state index contributed by atoms with van der Waals surface area (Å²) in [6.45, 7) is 8.26. The zero-order valence-electron chi connectivity index (χ0n) is 28.0. The molecule has 1 aliphatic heterocycles. The summed E-state index contributed by atoms with van der Waals surface area (Å²) in [5, 5.41) is 15.5. The molecule has 4 rings (SSSR count). The number of amides is 4. The summed E-state index contributed by atoms with van der Waals surface area (Å²) in [6, 6.07) is 13.0. The number of benzene rings is 2. The summed E-state index contributed by atoms with van der Waals surface area (Å²) < 4.78 is 5.02. The summed E-state index contributed by atoms with van der Waals surface area (Å²) in [5.74, 6) is -2.24. The minimum Gasteiger partial charge on any atom is -0.463 e. The monoisotopic (exact) mass is 674 g/mol. The minimum absolute atomic E-state index is 0.0403. The number of fused-ring (bicyclic) bond motifs is 1. The van der Waals surface area contributed by atoms with Crippen LogP contribution in [0.3, 0.4) is 0 Å². The van der Waals surface area contributed by atoms with Crippen LogP contribution in [0, 0.1) is 18.8 Å². The molecule has 10 nitrogen and oxygen atoms in total. The Hall–Kier alpha value is -4.51. The fourth-order valence-corrected chi connectivity index (χ4v) is 6.75. The Morgan fingerprint density at radius 1 is 1.00 bits per heavy atom. The second-order valence-electron chi connectivity index (χ2n) is 12.6. The van der Waals surface area contributed by atoms with Gasteiger partial charge in [-0.15, -0.1) is 11.3 Å². The van der Waals surface area contributed by atoms with Crippen LogP contribution in [-0.4, -0.2) is 60.9 Å². The average Bonchev–Trinajstić information content (AvgIpc) is 3.49. The lowest BCUT2D eigenvalue weighted by molar-refractivity contribution is -0.137. The van der Waals surface area contributed by atoms with Crippen molar-refractivity contribution in [2.24, 2.45) is 11.8 Å². The smallest absolute Gasteiger partial charge is 0.330 e. The number of aryl methyl sites for hydroxylation is 1. The number of hydrogen-bond donors (Lipinski definition) is 4. The molecular formula is C37H46N4O6S. The van der Waals surface area contributed by atoms with Crippen molar-refractivity contribution in [3.05, 3.63) is 82.1 Å². The highest BCUT2D eigenvalue weighted by molar-refractivity contribution is 7.12. The maximum atomic E-state index is 14.1. The van der Waals surface area contributed by atoms with Crippen LogP contribution in [0.1, 0.15) is 67.3 Å². The SMILES string of the molecule is CCOC(=O)/C=C/C(C[C@@H]1CCCNC1=O)NC(=O)[C@H](CC(C)C)NC(=O)[C@H](Cc1cccc2ccccc12)NC(=O)c1sccc1C. The molecule has 1 saturated heterocycles. The third kappa shape index (κ3) is 10.2. The van der Waals surface area contributed by atoms with E-state index in [4.69, 9.17) is 4.74 Å². The second-order valence-corrected chi connectivity index (χ2v) is 13.5. The van der Waals surface area contributed by atoms with Crippen LogP contribution in [0.2, 0.25) is 0 Å². The number of thiophene rings is 1. The molecule has 0 radical (unpaired) electrons. The van der Waals surface area contributed by atoms with Crippen LogP contribution in [0.15, 0.2) is 66.1 Å². The summed E-state index contributed by atoms with van der Waals surface area (Å²) in [6.07, 6.45) is 5.11. The van der Waals surface area contributed by atoms with Crippen molar-refractivity contribution in [2.45, 2.75) is 77.9 Å². The number of carbonyl (C=O) groups excluding carboxylic acids is 5. The first-order valence-electron chi connectivity index (χ1n) is 16.6. The van der Waals surface area contributed by atoms with E-state index in [1.807, 2.05) is 74.7 Å². The van der Waals surface area contributed by atoms with Gasteiger partial charge in [0.05, 0.1) is 11.5 Å². The lowest BCUT2D eigenvalue weighted by atomic mass is 9.91. The Morgan fingerprint density at radius 3 is 2.46 bits per heavy atom. The third-order valence-electron chi connectivity index (χ3n) is 8.35. The molecule has 11 heteroatoms. The standard InChI is InChI=1S/C37H46N4O6S/c1-5-47-32(42)16-15-28(21-27-13-9-18-38-34(27)43)39-35(44)30(20-23(2)3)40-36(45)31(41-37(46)33-24(4)17-19-48-33)22-26-12-8-11-25-10-6-7-14-29(25)26/h6-8,10-12,14-17,19,23,27-28,30-31H,5,9,13,18,20-22H2,1-4H3,(H,38,43)(H,39,44)(H,40,45)(H,41,46)/b16-15+/t27-,28?,30-,31-/m0/s1. The van der Waals surface area contributed by atoms with Gasteiger partial charge < -0.3 is 26.0 Å². The quantitative estimate of drug-likeness (QED) is 0.137. The van der Waals surface area contributed by atoms with Crippen LogP contribution >= 0.6 is 11.3 Å². The van der Waals surface area contributed by atoms with Crippen LogP contribution in [0.5, 0.6) is 0 Å². The van der Waals surface area contributed by atoms with Gasteiger partial charge in [-0.25, -0.2) is 4.79 Å². The van der Waals surface area contributed by atoms with Gasteiger partial charge in [-0.3, -0.25) is 19.2 Å². The predicted molar refractivity (Wildman–Crippen MR) is 187 cm³/mol. The largest absolute Gasteiger partial charge is 0.463 e. The van der Waals surface area contributed by atoms with Crippen LogP contribution in [-0.2, 0) is 30.3 Å². The molecule has 4 amide bonds. The van der Waals surface area contributed by atoms with Gasteiger partial charge >= 0.3 is 5.97 Å². The molecule has 1 aliphatic rings. The summed E-state index contributed by atoms with van der Waals surface area (Å²) >= 11 is 1.30. The molecule has 1 aromatic heterocycles. The summed E-state index contributed by atoms with van der Waals surface area (Å²) in [7, 11) is 0. The molecule has 2 aromatic carbocycles. The van der Waals surface area contributed by atoms with Crippen LogP contribution in [0.4, 0.5) is 0 Å². The maximum absolute atomic E-state index is 14.1. The Bertz CT molecular complexity index is 1630. The van der Waals surface area contributed by atoms with Gasteiger partial charge in [-0.1, -0.05) is 62.4 Å². The van der Waals surface area contributed by atoms with Gasteiger partial charge in [0.25, 0.3) is 5.91 Å². The van der Waals surface area contributed by atoms with Crippen LogP contribution in [0.25, 0.3) is 10.8 Å². The van der Waals surface area contributed by atoms with Crippen molar-refractivity contribution in [3.8, 4) is 0 Å². The normalized spacial score (nSPS) is 16.6. The molecule has 256 valence electrons. The number of ether oxygens (including phenoxy) is 1. The first-order chi connectivity index (χ1) is 23.0. The molecule has 1 unspecified atom stereocenters. The van der Waals surface area contributed by atoms with Crippen molar-refractivity contribution in [3.63, 3.8) is 0 Å². The fourth-order valence-electron chi connectivity index (χ4n) is 5.92. The van der Waals surface area contributed by atoms with Gasteiger partial charge in [0, 0.05) is 31.0 Å². The van der Waals surface area contributed by atoms with E-state index in [1.54, 1.807) is 13.0 Å². The summed E-state index contributed by atoms with van der Waals surface area (Å²) in [4.78, 5) is 66.5. The molecule has 4 N–H and O–H groups in total. The van der Waals surface area contributed by atoms with Crippen molar-refractivity contribution < 1.29 is 28.7 Å². The van der Waals surface area contributed by atoms with Crippen molar-refractivity contribution in [1.82, 2.24) is 21.3 Å². The topological polar surface area (TPSA) is 143 Å². The van der Waals surface area contributed by atoms with E-state index in [0.29, 0.717) is 24.3 Å². The Morgan fingerprint density at radius 2 is 1.75 bits per heavy atom. The molecule has 1 fully saturated rings. The molecule has 4 atom stereocenters. The zero-order valence-corrected chi connectivity index (χ0v) is 28.9. The van der Waals surface area contributed by atoms with E-state index in [-0.39, 0.29) is 43.1 Å². The van der Waals surface area contributed by atoms with Crippen molar-refractivity contribution in [1.29, 1.82) is 0 Å². The third-order valence-corrected chi connectivity index (χ3v) is 9.37. The molecule has 3 aromatic rings. The molecule has 2 heterocycles. The van der Waals surface area contributed by atoms with Gasteiger partial charge in [-0.2, -0.15) is 0 Å². The molecule has 0 aliphatic carbocycles. The van der Waals surface area contributed by atoms with E-state index in [0.717, 1.165) is 28.3 Å². The number of rotatable bonds is 15. The van der Waals surface area contributed by atoms with Crippen molar-refractivity contribution >= 4 is 51.7 Å². The maximum Gasteiger partial charge on any atom is 0.330 e. The zero-order chi connectivity index (χ0) is 34.6. The van der Waals surface area contributed by atoms with E-state index in [2.05, 4.69) is 21.3 Å². The first kappa shape index (κ1) is 36.3. The van der Waals surface area contributed by atoms with Gasteiger partial charge in [-0.05, 0) is 78.8 Å². The lowest BCUT2D eigenvalue weighted by Crippen LogP contribution is -2.56. The summed E-state index contributed by atoms with van der Waals surface area (Å²) in [5.41, 5.74) is 1.70. The van der Waals surface area contributed by atoms with E-state index in [1.165, 1.54) is 17.4 Å². The molecule has 48 heavy (non-hydrogen) atoms. The highest BCUT2D eigenvalue weighted by atomic mass is 32.1. The molecular weight excluding hydrogens is 628 g/mol. The molecule has 0 spiro atoms. The minimum atomic E-state index is -0.974. The Kier molecular flexibility index (Phi) is 13.3. The fraction of sp³-hybridized carbons (Fsp3) is 0.432. The Balaban J connectivity index is 1.58. The highest BCUT2D eigenvalue weighted by Gasteiger charge is 2.31. The van der Waals surface area contributed by atoms with Gasteiger partial charge in [0.1, 0.15) is 12.1 Å². The first-order valence-corrected chi connectivity index (χ1v) is 17.5. The van der Waals surface area contributed by atoms with E-state index in [9.17, 15) is 24.0 Å². The molecule has 0 saturated carbocycles. The van der Waals surface area contributed by atoms with Crippen LogP contribution < -0.4 is 21.3 Å². The van der Waals surface area contributed by atoms with E-state index >= 15 is 0 Å².